The van der Waals surface area contributed by atoms with Crippen molar-refractivity contribution in [3.63, 3.8) is 0 Å². The van der Waals surface area contributed by atoms with Crippen molar-refractivity contribution in [1.82, 2.24) is 0 Å². The maximum atomic E-state index is 5.70. The summed E-state index contributed by atoms with van der Waals surface area (Å²) in [5, 5.41) is 0.392. The van der Waals surface area contributed by atoms with Crippen LogP contribution in [0.15, 0.2) is 0 Å². The summed E-state index contributed by atoms with van der Waals surface area (Å²) < 4.78 is 0. The molecule has 0 aliphatic carbocycles. The lowest BCUT2D eigenvalue weighted by Crippen LogP contribution is -2.05. The summed E-state index contributed by atoms with van der Waals surface area (Å²) in [6.45, 7) is 6.62. The van der Waals surface area contributed by atoms with E-state index >= 15 is 0 Å². The predicted molar refractivity (Wildman–Crippen MR) is 37.6 cm³/mol. The Labute approximate surface area is 52.5 Å². The van der Waals surface area contributed by atoms with Gasteiger partial charge in [-0.2, -0.15) is 0 Å². The molecule has 0 aliphatic heterocycles. The highest BCUT2D eigenvalue weighted by atomic mass is 35.5. The summed E-state index contributed by atoms with van der Waals surface area (Å²) in [5.74, 6) is 0. The highest BCUT2D eigenvalue weighted by Crippen LogP contribution is 2.03. The summed E-state index contributed by atoms with van der Waals surface area (Å²) >= 11 is 5.70. The first-order valence-corrected chi connectivity index (χ1v) is 5.70. The van der Waals surface area contributed by atoms with Crippen molar-refractivity contribution in [3.05, 3.63) is 0 Å². The number of rotatable bonds is 2. The monoisotopic (exact) mass is 135 g/mol. The number of hydrogen-bond donors (Lipinski definition) is 0. The van der Waals surface area contributed by atoms with Crippen molar-refractivity contribution in [2.75, 3.05) is 0 Å². The van der Waals surface area contributed by atoms with E-state index in [9.17, 15) is 0 Å². The zero-order valence-corrected chi connectivity index (χ0v) is 6.92. The van der Waals surface area contributed by atoms with E-state index in [1.807, 2.05) is 0 Å². The van der Waals surface area contributed by atoms with Crippen molar-refractivity contribution >= 4 is 20.4 Å². The molecule has 0 aromatic carbocycles. The van der Waals surface area contributed by atoms with Gasteiger partial charge in [-0.25, -0.2) is 0 Å². The third-order valence-electron chi connectivity index (χ3n) is 0.690. The normalized spacial score (nSPS) is 15.0. The smallest absolute Gasteiger partial charge is 0.0427 e. The molecule has 0 aromatic rings. The molecule has 0 saturated carbocycles. The van der Waals surface area contributed by atoms with Crippen LogP contribution in [0.1, 0.15) is 6.92 Å². The van der Waals surface area contributed by atoms with Gasteiger partial charge in [-0.3, -0.25) is 0 Å². The van der Waals surface area contributed by atoms with Crippen LogP contribution in [0, 0.1) is 0 Å². The molecular formula is C5H12ClSi. The zero-order chi connectivity index (χ0) is 5.86. The van der Waals surface area contributed by atoms with Gasteiger partial charge in [0.15, 0.2) is 0 Å². The lowest BCUT2D eigenvalue weighted by molar-refractivity contribution is 1.07. The molecule has 1 radical (unpaired) electrons. The Hall–Kier alpha value is 0.507. The van der Waals surface area contributed by atoms with Crippen LogP contribution in [0.3, 0.4) is 0 Å². The van der Waals surface area contributed by atoms with E-state index in [2.05, 4.69) is 20.0 Å². The molecule has 1 atom stereocenters. The predicted octanol–water partition coefficient (Wildman–Crippen LogP) is 2.37. The summed E-state index contributed by atoms with van der Waals surface area (Å²) in [6, 6.07) is 1.23. The first-order valence-electron chi connectivity index (χ1n) is 2.56. The minimum absolute atomic E-state index is 0.0661. The van der Waals surface area contributed by atoms with Crippen LogP contribution in [0.25, 0.3) is 0 Å². The van der Waals surface area contributed by atoms with Gasteiger partial charge in [0.2, 0.25) is 0 Å². The fraction of sp³-hybridized carbons (Fsp3) is 1.00. The van der Waals surface area contributed by atoms with Crippen LogP contribution in [-0.4, -0.2) is 14.2 Å². The van der Waals surface area contributed by atoms with Gasteiger partial charge >= 0.3 is 0 Å². The van der Waals surface area contributed by atoms with Crippen molar-refractivity contribution in [3.8, 4) is 0 Å². The van der Waals surface area contributed by atoms with Crippen molar-refractivity contribution in [1.29, 1.82) is 0 Å². The molecule has 0 N–H and O–H groups in total. The second kappa shape index (κ2) is 3.50. The van der Waals surface area contributed by atoms with Gasteiger partial charge in [0.25, 0.3) is 0 Å². The Bertz CT molecular complexity index is 37.3. The van der Waals surface area contributed by atoms with Crippen LogP contribution in [-0.2, 0) is 0 Å². The van der Waals surface area contributed by atoms with Crippen LogP contribution < -0.4 is 0 Å². The Morgan fingerprint density at radius 3 is 2.00 bits per heavy atom. The number of hydrogen-bond acceptors (Lipinski definition) is 0. The summed E-state index contributed by atoms with van der Waals surface area (Å²) in [7, 11) is -0.0661. The molecule has 0 spiro atoms. The third-order valence-corrected chi connectivity index (χ3v) is 2.53. The Balaban J connectivity index is 2.95. The van der Waals surface area contributed by atoms with Crippen molar-refractivity contribution in [2.24, 2.45) is 0 Å². The van der Waals surface area contributed by atoms with Crippen LogP contribution in [0.2, 0.25) is 19.1 Å². The van der Waals surface area contributed by atoms with Crippen molar-refractivity contribution in [2.45, 2.75) is 31.4 Å². The maximum absolute atomic E-state index is 5.70. The van der Waals surface area contributed by atoms with E-state index in [0.29, 0.717) is 5.38 Å². The Morgan fingerprint density at radius 2 is 2.00 bits per heavy atom. The van der Waals surface area contributed by atoms with Gasteiger partial charge in [0, 0.05) is 14.2 Å². The SMILES string of the molecule is CC(Cl)C[Si](C)C. The summed E-state index contributed by atoms with van der Waals surface area (Å²) in [5.41, 5.74) is 0. The second-order valence-corrected chi connectivity index (χ2v) is 5.76. The van der Waals surface area contributed by atoms with Gasteiger partial charge in [0.1, 0.15) is 0 Å². The Morgan fingerprint density at radius 1 is 1.57 bits per heavy atom. The molecule has 2 heteroatoms. The molecule has 0 heterocycles. The Kier molecular flexibility index (Phi) is 3.76. The molecule has 7 heavy (non-hydrogen) atoms. The van der Waals surface area contributed by atoms with Crippen LogP contribution >= 0.6 is 11.6 Å². The molecule has 0 bridgehead atoms. The summed E-state index contributed by atoms with van der Waals surface area (Å²) in [6.07, 6.45) is 0. The molecule has 43 valence electrons. The lowest BCUT2D eigenvalue weighted by atomic mass is 10.6. The molecule has 0 aromatic heterocycles. The van der Waals surface area contributed by atoms with E-state index < -0.39 is 0 Å². The molecule has 0 nitrogen and oxygen atoms in total. The fourth-order valence-corrected chi connectivity index (χ4v) is 2.61. The summed E-state index contributed by atoms with van der Waals surface area (Å²) in [4.78, 5) is 0. The van der Waals surface area contributed by atoms with Gasteiger partial charge in [-0.05, 0) is 13.0 Å². The molecule has 0 fully saturated rings. The van der Waals surface area contributed by atoms with E-state index in [4.69, 9.17) is 11.6 Å². The minimum Gasteiger partial charge on any atom is -0.124 e. The first-order chi connectivity index (χ1) is 3.13. The zero-order valence-electron chi connectivity index (χ0n) is 5.16. The van der Waals surface area contributed by atoms with Crippen LogP contribution in [0.4, 0.5) is 0 Å². The standard InChI is InChI=1S/C5H12ClSi/c1-5(6)4-7(2)3/h5H,4H2,1-3H3. The van der Waals surface area contributed by atoms with Gasteiger partial charge < -0.3 is 0 Å². The molecular weight excluding hydrogens is 124 g/mol. The number of halogens is 1. The van der Waals surface area contributed by atoms with Gasteiger partial charge in [-0.1, -0.05) is 13.1 Å². The molecule has 0 amide bonds. The van der Waals surface area contributed by atoms with Crippen molar-refractivity contribution < 1.29 is 0 Å². The van der Waals surface area contributed by atoms with E-state index in [-0.39, 0.29) is 8.80 Å². The van der Waals surface area contributed by atoms with Gasteiger partial charge in [-0.15, -0.1) is 11.6 Å². The average molecular weight is 136 g/mol. The van der Waals surface area contributed by atoms with E-state index in [0.717, 1.165) is 0 Å². The largest absolute Gasteiger partial charge is 0.124 e. The minimum atomic E-state index is -0.0661. The second-order valence-electron chi connectivity index (χ2n) is 2.19. The van der Waals surface area contributed by atoms with E-state index in [1.165, 1.54) is 6.04 Å². The van der Waals surface area contributed by atoms with Crippen LogP contribution in [0.5, 0.6) is 0 Å². The highest BCUT2D eigenvalue weighted by Gasteiger charge is 1.99. The first kappa shape index (κ1) is 7.51. The third kappa shape index (κ3) is 6.51. The van der Waals surface area contributed by atoms with E-state index in [1.54, 1.807) is 0 Å². The fourth-order valence-electron chi connectivity index (χ4n) is 0.563. The quantitative estimate of drug-likeness (QED) is 0.403. The maximum Gasteiger partial charge on any atom is 0.0427 e. The molecule has 0 rings (SSSR count). The molecule has 0 saturated heterocycles. The lowest BCUT2D eigenvalue weighted by Gasteiger charge is -2.01. The topological polar surface area (TPSA) is 0 Å². The van der Waals surface area contributed by atoms with Gasteiger partial charge in [0.05, 0.1) is 0 Å². The number of alkyl halides is 1. The highest BCUT2D eigenvalue weighted by molar-refractivity contribution is 6.57. The molecule has 1 unspecified atom stereocenters. The molecule has 0 aliphatic rings. The average Bonchev–Trinajstić information content (AvgIpc) is 1.27.